The molecule has 0 amide bonds. The van der Waals surface area contributed by atoms with Crippen molar-refractivity contribution in [3.05, 3.63) is 24.6 Å². The number of hydrogen-bond donors (Lipinski definition) is 1. The SMILES string of the molecule is COC(=O)C(C(C)C)n1ncc2c1nc(N)n1nc(-c3ccco3)nc21. The lowest BCUT2D eigenvalue weighted by Gasteiger charge is -2.19. The van der Waals surface area contributed by atoms with Gasteiger partial charge in [0, 0.05) is 0 Å². The predicted octanol–water partition coefficient (Wildman–Crippen LogP) is 1.69. The molecule has 1 unspecified atom stereocenters. The van der Waals surface area contributed by atoms with E-state index in [2.05, 4.69) is 20.2 Å². The average molecular weight is 355 g/mol. The van der Waals surface area contributed by atoms with Crippen molar-refractivity contribution in [2.45, 2.75) is 19.9 Å². The van der Waals surface area contributed by atoms with E-state index in [-0.39, 0.29) is 11.9 Å². The van der Waals surface area contributed by atoms with Crippen LogP contribution in [0.4, 0.5) is 5.95 Å². The molecule has 0 spiro atoms. The van der Waals surface area contributed by atoms with Gasteiger partial charge in [0.15, 0.2) is 23.1 Å². The number of carbonyl (C=O) groups excluding carboxylic acids is 1. The van der Waals surface area contributed by atoms with Crippen LogP contribution in [0, 0.1) is 5.92 Å². The van der Waals surface area contributed by atoms with E-state index < -0.39 is 12.0 Å². The number of ether oxygens (including phenoxy) is 1. The lowest BCUT2D eigenvalue weighted by atomic mass is 10.1. The summed E-state index contributed by atoms with van der Waals surface area (Å²) in [5, 5.41) is 9.31. The molecule has 0 aliphatic heterocycles. The van der Waals surface area contributed by atoms with Gasteiger partial charge in [0.05, 0.1) is 25.0 Å². The molecule has 0 aliphatic carbocycles. The zero-order valence-corrected chi connectivity index (χ0v) is 14.4. The minimum absolute atomic E-state index is 0.0543. The zero-order chi connectivity index (χ0) is 18.4. The first kappa shape index (κ1) is 16.1. The molecule has 4 heterocycles. The van der Waals surface area contributed by atoms with Crippen LogP contribution < -0.4 is 5.73 Å². The number of nitrogens with zero attached hydrogens (tertiary/aromatic N) is 6. The van der Waals surface area contributed by atoms with Gasteiger partial charge in [-0.3, -0.25) is 0 Å². The van der Waals surface area contributed by atoms with E-state index in [0.29, 0.717) is 28.3 Å². The Balaban J connectivity index is 1.95. The molecule has 0 saturated heterocycles. The second-order valence-corrected chi connectivity index (χ2v) is 6.16. The highest BCUT2D eigenvalue weighted by Gasteiger charge is 2.29. The summed E-state index contributed by atoms with van der Waals surface area (Å²) in [5.41, 5.74) is 6.99. The third-order valence-electron chi connectivity index (χ3n) is 4.13. The van der Waals surface area contributed by atoms with Crippen molar-refractivity contribution in [3.63, 3.8) is 0 Å². The average Bonchev–Trinajstić information content (AvgIpc) is 3.33. The highest BCUT2D eigenvalue weighted by molar-refractivity contribution is 5.91. The zero-order valence-electron chi connectivity index (χ0n) is 14.4. The maximum Gasteiger partial charge on any atom is 0.331 e. The molecule has 10 nitrogen and oxygen atoms in total. The van der Waals surface area contributed by atoms with Crippen LogP contribution >= 0.6 is 0 Å². The van der Waals surface area contributed by atoms with Gasteiger partial charge in [-0.1, -0.05) is 13.8 Å². The first-order valence-corrected chi connectivity index (χ1v) is 8.02. The third kappa shape index (κ3) is 2.30. The summed E-state index contributed by atoms with van der Waals surface area (Å²) < 4.78 is 13.2. The lowest BCUT2D eigenvalue weighted by molar-refractivity contribution is -0.146. The van der Waals surface area contributed by atoms with Gasteiger partial charge in [-0.15, -0.1) is 5.10 Å². The van der Waals surface area contributed by atoms with Gasteiger partial charge < -0.3 is 14.9 Å². The molecule has 0 bridgehead atoms. The third-order valence-corrected chi connectivity index (χ3v) is 4.13. The minimum Gasteiger partial charge on any atom is -0.467 e. The molecule has 0 aromatic carbocycles. The van der Waals surface area contributed by atoms with E-state index in [1.165, 1.54) is 16.3 Å². The number of esters is 1. The summed E-state index contributed by atoms with van der Waals surface area (Å²) in [4.78, 5) is 21.1. The first-order valence-electron chi connectivity index (χ1n) is 8.02. The lowest BCUT2D eigenvalue weighted by Crippen LogP contribution is -2.27. The van der Waals surface area contributed by atoms with Crippen LogP contribution in [0.25, 0.3) is 28.3 Å². The highest BCUT2D eigenvalue weighted by Crippen LogP contribution is 2.27. The highest BCUT2D eigenvalue weighted by atomic mass is 16.5. The number of nitrogens with two attached hydrogens (primary N) is 1. The molecule has 2 N–H and O–H groups in total. The Morgan fingerprint density at radius 1 is 1.31 bits per heavy atom. The van der Waals surface area contributed by atoms with Gasteiger partial charge in [0.2, 0.25) is 11.8 Å². The molecule has 134 valence electrons. The Morgan fingerprint density at radius 2 is 2.12 bits per heavy atom. The summed E-state index contributed by atoms with van der Waals surface area (Å²) in [6, 6.07) is 2.88. The van der Waals surface area contributed by atoms with Crippen LogP contribution in [0.2, 0.25) is 0 Å². The molecule has 4 aromatic rings. The van der Waals surface area contributed by atoms with Crippen molar-refractivity contribution >= 4 is 28.6 Å². The van der Waals surface area contributed by atoms with Crippen molar-refractivity contribution in [1.82, 2.24) is 29.4 Å². The van der Waals surface area contributed by atoms with E-state index >= 15 is 0 Å². The largest absolute Gasteiger partial charge is 0.467 e. The van der Waals surface area contributed by atoms with Crippen molar-refractivity contribution in [2.24, 2.45) is 5.92 Å². The van der Waals surface area contributed by atoms with Crippen LogP contribution in [0.1, 0.15) is 19.9 Å². The molecule has 4 rings (SSSR count). The van der Waals surface area contributed by atoms with Crippen LogP contribution in [0.3, 0.4) is 0 Å². The Bertz CT molecular complexity index is 1090. The van der Waals surface area contributed by atoms with E-state index in [1.807, 2.05) is 13.8 Å². The van der Waals surface area contributed by atoms with Gasteiger partial charge >= 0.3 is 5.97 Å². The number of fused-ring (bicyclic) bond motifs is 3. The topological polar surface area (TPSA) is 126 Å². The monoisotopic (exact) mass is 355 g/mol. The summed E-state index contributed by atoms with van der Waals surface area (Å²) in [6.45, 7) is 3.81. The number of furan rings is 1. The predicted molar refractivity (Wildman–Crippen MR) is 92.1 cm³/mol. The smallest absolute Gasteiger partial charge is 0.331 e. The van der Waals surface area contributed by atoms with E-state index in [9.17, 15) is 4.79 Å². The van der Waals surface area contributed by atoms with E-state index in [0.717, 1.165) is 0 Å². The van der Waals surface area contributed by atoms with Crippen molar-refractivity contribution < 1.29 is 13.9 Å². The molecular weight excluding hydrogens is 338 g/mol. The fourth-order valence-corrected chi connectivity index (χ4v) is 2.92. The Morgan fingerprint density at radius 3 is 2.77 bits per heavy atom. The van der Waals surface area contributed by atoms with Crippen molar-refractivity contribution in [3.8, 4) is 11.6 Å². The minimum atomic E-state index is -0.626. The molecule has 0 fully saturated rings. The standard InChI is InChI=1S/C16H17N7O3/c1-8(2)11(15(24)25-3)22-14-9(7-18-22)13-19-12(10-5-4-6-26-10)21-23(13)16(17)20-14/h4-8,11H,1-3H3,(H2,17,20). The normalized spacial score (nSPS) is 12.9. The second kappa shape index (κ2) is 5.83. The van der Waals surface area contributed by atoms with Crippen molar-refractivity contribution in [1.29, 1.82) is 0 Å². The van der Waals surface area contributed by atoms with E-state index in [4.69, 9.17) is 14.9 Å². The number of nitrogen functional groups attached to an aromatic ring is 1. The number of rotatable bonds is 4. The molecule has 10 heteroatoms. The number of anilines is 1. The van der Waals surface area contributed by atoms with E-state index in [1.54, 1.807) is 24.6 Å². The molecule has 4 aromatic heterocycles. The summed E-state index contributed by atoms with van der Waals surface area (Å²) >= 11 is 0. The number of carbonyl (C=O) groups is 1. The summed E-state index contributed by atoms with van der Waals surface area (Å²) in [7, 11) is 1.34. The Kier molecular flexibility index (Phi) is 3.60. The van der Waals surface area contributed by atoms with Gasteiger partial charge in [-0.25, -0.2) is 14.5 Å². The van der Waals surface area contributed by atoms with Gasteiger partial charge in [0.25, 0.3) is 0 Å². The molecule has 0 saturated carbocycles. The fourth-order valence-electron chi connectivity index (χ4n) is 2.92. The fraction of sp³-hybridized carbons (Fsp3) is 0.312. The summed E-state index contributed by atoms with van der Waals surface area (Å²) in [5.74, 6) is 0.580. The Hall–Kier alpha value is -3.43. The first-order chi connectivity index (χ1) is 12.5. The van der Waals surface area contributed by atoms with Gasteiger partial charge in [-0.05, 0) is 18.1 Å². The van der Waals surface area contributed by atoms with Crippen LogP contribution in [-0.4, -0.2) is 42.4 Å². The van der Waals surface area contributed by atoms with Gasteiger partial charge in [-0.2, -0.15) is 14.6 Å². The number of hydrogen-bond acceptors (Lipinski definition) is 8. The molecule has 0 aliphatic rings. The summed E-state index contributed by atoms with van der Waals surface area (Å²) in [6.07, 6.45) is 3.13. The number of aromatic nitrogens is 6. The van der Waals surface area contributed by atoms with Crippen LogP contribution in [-0.2, 0) is 9.53 Å². The number of methoxy groups -OCH3 is 1. The van der Waals surface area contributed by atoms with Crippen LogP contribution in [0.15, 0.2) is 29.0 Å². The second-order valence-electron chi connectivity index (χ2n) is 6.16. The maximum atomic E-state index is 12.2. The van der Waals surface area contributed by atoms with Crippen molar-refractivity contribution in [2.75, 3.05) is 12.8 Å². The van der Waals surface area contributed by atoms with Crippen LogP contribution in [0.5, 0.6) is 0 Å². The maximum absolute atomic E-state index is 12.2. The van der Waals surface area contributed by atoms with Gasteiger partial charge in [0.1, 0.15) is 0 Å². The Labute approximate surface area is 147 Å². The molecule has 1 atom stereocenters. The molecular formula is C16H17N7O3. The molecule has 26 heavy (non-hydrogen) atoms. The molecule has 0 radical (unpaired) electrons. The quantitative estimate of drug-likeness (QED) is 0.548.